The number of aromatic nitrogens is 2. The first-order valence-electron chi connectivity index (χ1n) is 6.39. The van der Waals surface area contributed by atoms with E-state index in [1.165, 1.54) is 0 Å². The molecule has 2 rings (SSSR count). The molecule has 98 valence electrons. The van der Waals surface area contributed by atoms with Crippen LogP contribution in [-0.4, -0.2) is 36.0 Å². The number of aryl methyl sites for hydroxylation is 2. The van der Waals surface area contributed by atoms with Crippen LogP contribution in [0.15, 0.2) is 6.07 Å². The van der Waals surface area contributed by atoms with Crippen LogP contribution in [0.25, 0.3) is 0 Å². The minimum atomic E-state index is 0.148. The fraction of sp³-hybridized carbons (Fsp3) is 0.615. The van der Waals surface area contributed by atoms with Crippen LogP contribution in [-0.2, 0) is 4.79 Å². The molecule has 0 aliphatic carbocycles. The topological polar surface area (TPSA) is 58.1 Å². The summed E-state index contributed by atoms with van der Waals surface area (Å²) >= 11 is 0. The Morgan fingerprint density at radius 2 is 2.00 bits per heavy atom. The molecule has 1 saturated heterocycles. The van der Waals surface area contributed by atoms with E-state index in [2.05, 4.69) is 20.2 Å². The molecule has 1 N–H and O–H groups in total. The zero-order chi connectivity index (χ0) is 13.1. The monoisotopic (exact) mass is 248 g/mol. The van der Waals surface area contributed by atoms with Crippen molar-refractivity contribution < 1.29 is 4.79 Å². The summed E-state index contributed by atoms with van der Waals surface area (Å²) in [5, 5.41) is 2.72. The molecular weight excluding hydrogens is 228 g/mol. The molecule has 0 unspecified atom stereocenters. The minimum absolute atomic E-state index is 0.148. The molecule has 0 radical (unpaired) electrons. The largest absolute Gasteiger partial charge is 0.359 e. The van der Waals surface area contributed by atoms with Crippen molar-refractivity contribution in [3.05, 3.63) is 17.6 Å². The summed E-state index contributed by atoms with van der Waals surface area (Å²) < 4.78 is 0. The number of anilines is 1. The van der Waals surface area contributed by atoms with Crippen molar-refractivity contribution in [1.82, 2.24) is 15.3 Å². The molecule has 1 aromatic heterocycles. The van der Waals surface area contributed by atoms with Gasteiger partial charge in [0.15, 0.2) is 0 Å². The third-order valence-electron chi connectivity index (χ3n) is 3.39. The van der Waals surface area contributed by atoms with E-state index in [0.717, 1.165) is 43.3 Å². The number of carbonyl (C=O) groups is 1. The smallest absolute Gasteiger partial charge is 0.222 e. The fourth-order valence-electron chi connectivity index (χ4n) is 2.43. The lowest BCUT2D eigenvalue weighted by Gasteiger charge is -2.32. The number of piperidine rings is 1. The highest BCUT2D eigenvalue weighted by atomic mass is 16.1. The Hall–Kier alpha value is -1.65. The van der Waals surface area contributed by atoms with Gasteiger partial charge in [-0.15, -0.1) is 0 Å². The van der Waals surface area contributed by atoms with Gasteiger partial charge in [-0.25, -0.2) is 9.97 Å². The normalized spacial score (nSPS) is 16.7. The predicted octanol–water partition coefficient (Wildman–Crippen LogP) is 1.06. The molecule has 5 heteroatoms. The fourth-order valence-corrected chi connectivity index (χ4v) is 2.43. The van der Waals surface area contributed by atoms with Crippen LogP contribution in [0.2, 0.25) is 0 Å². The molecule has 1 aliphatic rings. The van der Waals surface area contributed by atoms with Crippen molar-refractivity contribution in [2.75, 3.05) is 25.0 Å². The first-order chi connectivity index (χ1) is 8.60. The molecule has 1 aliphatic heterocycles. The van der Waals surface area contributed by atoms with E-state index in [-0.39, 0.29) is 11.8 Å². The van der Waals surface area contributed by atoms with Crippen LogP contribution in [0, 0.1) is 19.8 Å². The second-order valence-electron chi connectivity index (χ2n) is 4.79. The molecule has 1 fully saturated rings. The average molecular weight is 248 g/mol. The Kier molecular flexibility index (Phi) is 3.79. The first kappa shape index (κ1) is 12.8. The van der Waals surface area contributed by atoms with Gasteiger partial charge in [0.2, 0.25) is 5.91 Å². The summed E-state index contributed by atoms with van der Waals surface area (Å²) in [6.07, 6.45) is 1.78. The molecule has 5 nitrogen and oxygen atoms in total. The van der Waals surface area contributed by atoms with Gasteiger partial charge in [0.1, 0.15) is 11.6 Å². The quantitative estimate of drug-likeness (QED) is 0.850. The van der Waals surface area contributed by atoms with Gasteiger partial charge in [0.25, 0.3) is 0 Å². The number of hydrogen-bond donors (Lipinski definition) is 1. The van der Waals surface area contributed by atoms with Gasteiger partial charge in [0, 0.05) is 37.8 Å². The number of hydrogen-bond acceptors (Lipinski definition) is 4. The van der Waals surface area contributed by atoms with Crippen molar-refractivity contribution in [2.24, 2.45) is 5.92 Å². The SMILES string of the molecule is CNC(=O)C1CCN(c2cc(C)nc(C)n2)CC1. The Labute approximate surface area is 108 Å². The lowest BCUT2D eigenvalue weighted by molar-refractivity contribution is -0.125. The molecule has 0 aromatic carbocycles. The number of rotatable bonds is 2. The number of nitrogens with one attached hydrogen (secondary N) is 1. The number of carbonyl (C=O) groups excluding carboxylic acids is 1. The minimum Gasteiger partial charge on any atom is -0.359 e. The van der Waals surface area contributed by atoms with Gasteiger partial charge in [-0.2, -0.15) is 0 Å². The van der Waals surface area contributed by atoms with Gasteiger partial charge < -0.3 is 10.2 Å². The van der Waals surface area contributed by atoms with Crippen LogP contribution < -0.4 is 10.2 Å². The van der Waals surface area contributed by atoms with Gasteiger partial charge >= 0.3 is 0 Å². The van der Waals surface area contributed by atoms with Crippen molar-refractivity contribution in [1.29, 1.82) is 0 Å². The van der Waals surface area contributed by atoms with E-state index in [1.54, 1.807) is 7.05 Å². The Balaban J connectivity index is 2.03. The third-order valence-corrected chi connectivity index (χ3v) is 3.39. The maximum Gasteiger partial charge on any atom is 0.222 e. The Morgan fingerprint density at radius 3 is 2.56 bits per heavy atom. The second-order valence-corrected chi connectivity index (χ2v) is 4.79. The molecule has 2 heterocycles. The highest BCUT2D eigenvalue weighted by molar-refractivity contribution is 5.78. The van der Waals surface area contributed by atoms with E-state index in [1.807, 2.05) is 19.9 Å². The van der Waals surface area contributed by atoms with Gasteiger partial charge in [0.05, 0.1) is 0 Å². The van der Waals surface area contributed by atoms with Crippen molar-refractivity contribution in [3.8, 4) is 0 Å². The highest BCUT2D eigenvalue weighted by Crippen LogP contribution is 2.22. The molecule has 0 atom stereocenters. The zero-order valence-corrected chi connectivity index (χ0v) is 11.2. The molecular formula is C13H20N4O. The van der Waals surface area contributed by atoms with Crippen LogP contribution in [0.5, 0.6) is 0 Å². The van der Waals surface area contributed by atoms with Crippen molar-refractivity contribution in [3.63, 3.8) is 0 Å². The predicted molar refractivity (Wildman–Crippen MR) is 70.5 cm³/mol. The first-order valence-corrected chi connectivity index (χ1v) is 6.39. The Bertz CT molecular complexity index is 418. The van der Waals surface area contributed by atoms with Crippen molar-refractivity contribution >= 4 is 11.7 Å². The lowest BCUT2D eigenvalue weighted by atomic mass is 9.96. The zero-order valence-electron chi connectivity index (χ0n) is 11.2. The summed E-state index contributed by atoms with van der Waals surface area (Å²) in [6, 6.07) is 2.01. The molecule has 1 aromatic rings. The molecule has 0 bridgehead atoms. The standard InChI is InChI=1S/C13H20N4O/c1-9-8-12(16-10(2)15-9)17-6-4-11(5-7-17)13(18)14-3/h8,11H,4-7H2,1-3H3,(H,14,18). The summed E-state index contributed by atoms with van der Waals surface area (Å²) in [6.45, 7) is 5.66. The van der Waals surface area contributed by atoms with E-state index >= 15 is 0 Å². The highest BCUT2D eigenvalue weighted by Gasteiger charge is 2.24. The van der Waals surface area contributed by atoms with Crippen LogP contribution >= 0.6 is 0 Å². The average Bonchev–Trinajstić information content (AvgIpc) is 2.37. The second kappa shape index (κ2) is 5.33. The number of amides is 1. The summed E-state index contributed by atoms with van der Waals surface area (Å²) in [7, 11) is 1.70. The van der Waals surface area contributed by atoms with Gasteiger partial charge in [-0.1, -0.05) is 0 Å². The van der Waals surface area contributed by atoms with Crippen LogP contribution in [0.1, 0.15) is 24.4 Å². The van der Waals surface area contributed by atoms with Crippen LogP contribution in [0.4, 0.5) is 5.82 Å². The molecule has 18 heavy (non-hydrogen) atoms. The maximum atomic E-state index is 11.6. The molecule has 1 amide bonds. The molecule has 0 saturated carbocycles. The number of nitrogens with zero attached hydrogens (tertiary/aromatic N) is 3. The van der Waals surface area contributed by atoms with Gasteiger partial charge in [-0.05, 0) is 26.7 Å². The van der Waals surface area contributed by atoms with Gasteiger partial charge in [-0.3, -0.25) is 4.79 Å². The van der Waals surface area contributed by atoms with E-state index in [9.17, 15) is 4.79 Å². The Morgan fingerprint density at radius 1 is 1.33 bits per heavy atom. The lowest BCUT2D eigenvalue weighted by Crippen LogP contribution is -2.40. The van der Waals surface area contributed by atoms with E-state index in [4.69, 9.17) is 0 Å². The summed E-state index contributed by atoms with van der Waals surface area (Å²) in [5.41, 5.74) is 0.992. The third kappa shape index (κ3) is 2.78. The summed E-state index contributed by atoms with van der Waals surface area (Å²) in [4.78, 5) is 22.5. The van der Waals surface area contributed by atoms with Crippen LogP contribution in [0.3, 0.4) is 0 Å². The molecule has 0 spiro atoms. The summed E-state index contributed by atoms with van der Waals surface area (Å²) in [5.74, 6) is 2.09. The maximum absolute atomic E-state index is 11.6. The van der Waals surface area contributed by atoms with E-state index < -0.39 is 0 Å². The van der Waals surface area contributed by atoms with E-state index in [0.29, 0.717) is 0 Å². The van der Waals surface area contributed by atoms with Crippen molar-refractivity contribution in [2.45, 2.75) is 26.7 Å².